The van der Waals surface area contributed by atoms with Crippen LogP contribution in [0.25, 0.3) is 0 Å². The van der Waals surface area contributed by atoms with Gasteiger partial charge in [-0.15, -0.1) is 0 Å². The predicted molar refractivity (Wildman–Crippen MR) is 114 cm³/mol. The molecule has 0 spiro atoms. The van der Waals surface area contributed by atoms with Gasteiger partial charge in [-0.05, 0) is 33.3 Å². The minimum absolute atomic E-state index is 0.0766. The van der Waals surface area contributed by atoms with E-state index in [2.05, 4.69) is 56.6 Å². The van der Waals surface area contributed by atoms with E-state index in [1.807, 2.05) is 24.3 Å². The molecular weight excluding hydrogens is 399 g/mol. The predicted octanol–water partition coefficient (Wildman–Crippen LogP) is 6.89. The van der Waals surface area contributed by atoms with Crippen LogP contribution in [-0.4, -0.2) is 10.2 Å². The third-order valence-corrected chi connectivity index (χ3v) is 8.77. The first kappa shape index (κ1) is 20.4. The van der Waals surface area contributed by atoms with Crippen LogP contribution in [0.3, 0.4) is 0 Å². The minimum atomic E-state index is -1.22. The van der Waals surface area contributed by atoms with Crippen molar-refractivity contribution in [3.05, 3.63) is 59.7 Å². The van der Waals surface area contributed by atoms with Crippen molar-refractivity contribution in [3.63, 3.8) is 0 Å². The van der Waals surface area contributed by atoms with Gasteiger partial charge >= 0.3 is 0 Å². The van der Waals surface area contributed by atoms with Gasteiger partial charge in [0, 0.05) is 22.7 Å². The summed E-state index contributed by atoms with van der Waals surface area (Å²) in [4.78, 5) is 0. The van der Waals surface area contributed by atoms with Crippen LogP contribution in [0, 0.1) is 6.92 Å². The molecule has 0 bridgehead atoms. The van der Waals surface area contributed by atoms with Crippen LogP contribution in [0.2, 0.25) is 0 Å². The van der Waals surface area contributed by atoms with Crippen molar-refractivity contribution < 1.29 is 0 Å². The fourth-order valence-electron chi connectivity index (χ4n) is 2.32. The molecule has 0 radical (unpaired) electrons. The summed E-state index contributed by atoms with van der Waals surface area (Å²) in [5.41, 5.74) is 2.43. The van der Waals surface area contributed by atoms with E-state index in [0.717, 1.165) is 17.2 Å². The molecule has 6 heteroatoms. The number of hydrogen-bond acceptors (Lipinski definition) is 1. The third-order valence-electron chi connectivity index (χ3n) is 3.70. The summed E-state index contributed by atoms with van der Waals surface area (Å²) in [6.07, 6.45) is 0. The largest absolute Gasteiger partial charge is 0.256 e. The van der Waals surface area contributed by atoms with Gasteiger partial charge in [0.15, 0.2) is 0 Å². The Labute approximate surface area is 162 Å². The van der Waals surface area contributed by atoms with Crippen molar-refractivity contribution in [2.75, 3.05) is 0 Å². The van der Waals surface area contributed by atoms with Crippen LogP contribution in [0.15, 0.2) is 48.5 Å². The second kappa shape index (κ2) is 8.68. The van der Waals surface area contributed by atoms with E-state index < -0.39 is 14.1 Å². The van der Waals surface area contributed by atoms with Gasteiger partial charge in [-0.3, -0.25) is 4.67 Å². The van der Waals surface area contributed by atoms with Gasteiger partial charge in [-0.25, -0.2) is 0 Å². The van der Waals surface area contributed by atoms with Crippen LogP contribution < -0.4 is 10.6 Å². The van der Waals surface area contributed by atoms with E-state index in [0.29, 0.717) is 0 Å². The summed E-state index contributed by atoms with van der Waals surface area (Å²) in [6, 6.07) is 16.6. The Hall–Kier alpha value is 0.130. The number of aryl methyl sites for hydroxylation is 1. The smallest absolute Gasteiger partial charge is 0.117 e. The lowest BCUT2D eigenvalue weighted by atomic mass is 10.1. The summed E-state index contributed by atoms with van der Waals surface area (Å²) >= 11 is 19.4. The second-order valence-electron chi connectivity index (χ2n) is 6.70. The Morgan fingerprint density at radius 2 is 1.42 bits per heavy atom. The highest BCUT2D eigenvalue weighted by Gasteiger charge is 2.31. The quantitative estimate of drug-likeness (QED) is 0.476. The van der Waals surface area contributed by atoms with Crippen LogP contribution in [0.4, 0.5) is 0 Å². The van der Waals surface area contributed by atoms with Crippen LogP contribution >= 0.6 is 47.8 Å². The molecule has 1 unspecified atom stereocenters. The molecule has 2 aromatic rings. The normalized spacial score (nSPS) is 13.5. The molecule has 0 amide bonds. The Bertz CT molecular complexity index is 669. The first-order valence-electron chi connectivity index (χ1n) is 7.70. The molecule has 24 heavy (non-hydrogen) atoms. The molecule has 2 aromatic carbocycles. The molecule has 0 heterocycles. The van der Waals surface area contributed by atoms with Crippen molar-refractivity contribution >= 4 is 58.4 Å². The zero-order valence-electron chi connectivity index (χ0n) is 14.3. The topological polar surface area (TPSA) is 3.24 Å². The Morgan fingerprint density at radius 3 is 1.92 bits per heavy atom. The molecule has 0 aromatic heterocycles. The summed E-state index contributed by atoms with van der Waals surface area (Å²) in [5.74, 6) is 0. The highest BCUT2D eigenvalue weighted by atomic mass is 35.9. The van der Waals surface area contributed by atoms with Crippen LogP contribution in [0.5, 0.6) is 0 Å². The van der Waals surface area contributed by atoms with E-state index in [1.165, 1.54) is 11.1 Å². The number of hydrogen-bond donors (Lipinski definition) is 0. The van der Waals surface area contributed by atoms with Gasteiger partial charge < -0.3 is 0 Å². The lowest BCUT2D eigenvalue weighted by Crippen LogP contribution is -2.39. The van der Waals surface area contributed by atoms with E-state index in [1.54, 1.807) is 0 Å². The van der Waals surface area contributed by atoms with Gasteiger partial charge in [0.05, 0.1) is 7.43 Å². The summed E-state index contributed by atoms with van der Waals surface area (Å²) in [7, 11) is -1.06. The van der Waals surface area contributed by atoms with Crippen LogP contribution in [-0.2, 0) is 6.54 Å². The van der Waals surface area contributed by atoms with E-state index in [4.69, 9.17) is 33.7 Å². The number of nitrogens with zero attached hydrogens (tertiary/aromatic N) is 1. The summed E-state index contributed by atoms with van der Waals surface area (Å²) in [5, 5.41) is 2.00. The molecule has 0 fully saturated rings. The maximum Gasteiger partial charge on any atom is 0.117 e. The Kier molecular flexibility index (Phi) is 7.39. The number of rotatable bonds is 5. The third kappa shape index (κ3) is 5.31. The fraction of sp³-hybridized carbons (Fsp3) is 0.333. The maximum absolute atomic E-state index is 6.97. The second-order valence-corrected chi connectivity index (χ2v) is 12.6. The molecule has 0 aliphatic rings. The summed E-state index contributed by atoms with van der Waals surface area (Å²) in [6.45, 7) is 8.22. The van der Waals surface area contributed by atoms with Crippen molar-refractivity contribution in [2.45, 2.75) is 39.8 Å². The molecular formula is C18H22Cl3NP2. The van der Waals surface area contributed by atoms with Crippen molar-refractivity contribution in [3.8, 4) is 0 Å². The van der Waals surface area contributed by atoms with Gasteiger partial charge in [-0.1, -0.05) is 87.8 Å². The highest BCUT2D eigenvalue weighted by molar-refractivity contribution is 8.09. The van der Waals surface area contributed by atoms with Gasteiger partial charge in [0.1, 0.15) is 6.63 Å². The van der Waals surface area contributed by atoms with Gasteiger partial charge in [0.2, 0.25) is 0 Å². The molecule has 1 atom stereocenters. The van der Waals surface area contributed by atoms with E-state index in [9.17, 15) is 0 Å². The molecule has 0 N–H and O–H groups in total. The Morgan fingerprint density at radius 1 is 0.875 bits per heavy atom. The molecule has 0 saturated carbocycles. The number of benzene rings is 2. The molecule has 2 rings (SSSR count). The zero-order valence-corrected chi connectivity index (χ0v) is 18.4. The first-order chi connectivity index (χ1) is 11.2. The molecule has 0 aliphatic carbocycles. The lowest BCUT2D eigenvalue weighted by molar-refractivity contribution is 0.261. The van der Waals surface area contributed by atoms with Gasteiger partial charge in [-0.2, -0.15) is 0 Å². The average Bonchev–Trinajstić information content (AvgIpc) is 2.52. The molecule has 0 aliphatic heterocycles. The summed E-state index contributed by atoms with van der Waals surface area (Å²) < 4.78 is 2.33. The molecule has 0 saturated heterocycles. The van der Waals surface area contributed by atoms with Crippen LogP contribution in [0.1, 0.15) is 31.9 Å². The molecule has 130 valence electrons. The van der Waals surface area contributed by atoms with Gasteiger partial charge in [0.25, 0.3) is 0 Å². The maximum atomic E-state index is 6.97. The van der Waals surface area contributed by atoms with E-state index in [-0.39, 0.29) is 5.54 Å². The Balaban J connectivity index is 2.36. The first-order valence-corrected chi connectivity index (χ1v) is 13.0. The van der Waals surface area contributed by atoms with E-state index >= 15 is 0 Å². The molecule has 1 nitrogen and oxygen atoms in total. The number of halogens is 3. The van der Waals surface area contributed by atoms with Crippen molar-refractivity contribution in [1.29, 1.82) is 0 Å². The fourth-order valence-corrected chi connectivity index (χ4v) is 7.60. The average molecular weight is 421 g/mol. The van der Waals surface area contributed by atoms with Crippen molar-refractivity contribution in [2.24, 2.45) is 0 Å². The zero-order chi connectivity index (χ0) is 17.9. The highest BCUT2D eigenvalue weighted by Crippen LogP contribution is 2.53. The lowest BCUT2D eigenvalue weighted by Gasteiger charge is -2.39. The minimum Gasteiger partial charge on any atom is -0.256 e. The standard InChI is InChI=1S/C18H22Cl3NP2/c1-14-9-11-15(12-10-14)13-22(18(2,3)4)24(21)17-8-6-5-7-16(17)23(19)20/h5-12H,13H2,1-4H3. The van der Waals surface area contributed by atoms with Crippen molar-refractivity contribution in [1.82, 2.24) is 4.67 Å². The SMILES string of the molecule is Cc1ccc(CN(P(Cl)c2ccccc2P(Cl)Cl)C(C)(C)C)cc1. The monoisotopic (exact) mass is 419 g/mol.